The molecule has 1 aromatic rings. The zero-order chi connectivity index (χ0) is 13.8. The Morgan fingerprint density at radius 2 is 2.11 bits per heavy atom. The molecule has 0 spiro atoms. The van der Waals surface area contributed by atoms with Crippen molar-refractivity contribution in [1.82, 2.24) is 5.32 Å². The number of carbonyl (C=O) groups is 1. The zero-order valence-corrected chi connectivity index (χ0v) is 11.6. The predicted octanol–water partition coefficient (Wildman–Crippen LogP) is 1.89. The summed E-state index contributed by atoms with van der Waals surface area (Å²) < 4.78 is 15.4. The van der Waals surface area contributed by atoms with Crippen LogP contribution in [0.2, 0.25) is 0 Å². The minimum absolute atomic E-state index is 0.229. The highest BCUT2D eigenvalue weighted by atomic mass is 16.5. The first-order valence-corrected chi connectivity index (χ1v) is 5.83. The van der Waals surface area contributed by atoms with Crippen LogP contribution >= 0.6 is 0 Å². The number of rotatable bonds is 6. The van der Waals surface area contributed by atoms with E-state index in [1.165, 1.54) is 7.11 Å². The number of esters is 1. The molecule has 0 aliphatic carbocycles. The maximum absolute atomic E-state index is 11.4. The molecular formula is C13H21NO4. The minimum atomic E-state index is -0.375. The molecule has 18 heavy (non-hydrogen) atoms. The molecule has 0 bridgehead atoms. The van der Waals surface area contributed by atoms with Gasteiger partial charge in [-0.3, -0.25) is 0 Å². The summed E-state index contributed by atoms with van der Waals surface area (Å²) in [5.41, 5.74) is 0.243. The van der Waals surface area contributed by atoms with Crippen LogP contribution in [-0.4, -0.2) is 32.3 Å². The van der Waals surface area contributed by atoms with Gasteiger partial charge in [-0.25, -0.2) is 4.79 Å². The topological polar surface area (TPSA) is 60.7 Å². The Morgan fingerprint density at radius 3 is 2.67 bits per heavy atom. The first kappa shape index (κ1) is 14.7. The van der Waals surface area contributed by atoms with Crippen LogP contribution in [0.15, 0.2) is 10.5 Å². The number of aryl methyl sites for hydroxylation is 1. The van der Waals surface area contributed by atoms with Crippen molar-refractivity contribution in [3.05, 3.63) is 23.2 Å². The minimum Gasteiger partial charge on any atom is -0.465 e. The van der Waals surface area contributed by atoms with Gasteiger partial charge in [0.15, 0.2) is 0 Å². The number of carbonyl (C=O) groups excluding carboxylic acids is 1. The molecule has 102 valence electrons. The van der Waals surface area contributed by atoms with Crippen molar-refractivity contribution >= 4 is 5.97 Å². The summed E-state index contributed by atoms with van der Waals surface area (Å²) in [5.74, 6) is 0.907. The summed E-state index contributed by atoms with van der Waals surface area (Å²) in [5, 5.41) is 3.22. The highest BCUT2D eigenvalue weighted by Gasteiger charge is 2.17. The van der Waals surface area contributed by atoms with E-state index >= 15 is 0 Å². The van der Waals surface area contributed by atoms with Gasteiger partial charge in [-0.15, -0.1) is 0 Å². The van der Waals surface area contributed by atoms with Gasteiger partial charge < -0.3 is 19.2 Å². The summed E-state index contributed by atoms with van der Waals surface area (Å²) in [6, 6.07) is 1.70. The largest absolute Gasteiger partial charge is 0.465 e. The van der Waals surface area contributed by atoms with E-state index in [1.807, 2.05) is 13.8 Å². The molecule has 0 saturated carbocycles. The van der Waals surface area contributed by atoms with Gasteiger partial charge >= 0.3 is 5.97 Å². The standard InChI is InChI=1S/C13H21NO4/c1-9-11(12(15)16-4)6-10(18-9)7-14-8-13(2,3)17-5/h6,14H,7-8H2,1-5H3. The molecule has 0 aliphatic rings. The molecule has 1 N–H and O–H groups in total. The molecule has 5 heteroatoms. The smallest absolute Gasteiger partial charge is 0.341 e. The quantitative estimate of drug-likeness (QED) is 0.786. The lowest BCUT2D eigenvalue weighted by Crippen LogP contribution is -2.36. The van der Waals surface area contributed by atoms with Crippen molar-refractivity contribution in [1.29, 1.82) is 0 Å². The average Bonchev–Trinajstić information content (AvgIpc) is 2.69. The van der Waals surface area contributed by atoms with Gasteiger partial charge in [0.25, 0.3) is 0 Å². The molecule has 0 aliphatic heterocycles. The molecule has 0 unspecified atom stereocenters. The van der Waals surface area contributed by atoms with E-state index in [2.05, 4.69) is 10.1 Å². The van der Waals surface area contributed by atoms with Gasteiger partial charge in [-0.05, 0) is 26.8 Å². The third kappa shape index (κ3) is 3.85. The Kier molecular flexibility index (Phi) is 4.93. The number of hydrogen-bond donors (Lipinski definition) is 1. The Morgan fingerprint density at radius 1 is 1.44 bits per heavy atom. The molecule has 1 aromatic heterocycles. The van der Waals surface area contributed by atoms with E-state index in [4.69, 9.17) is 9.15 Å². The third-order valence-electron chi connectivity index (χ3n) is 2.78. The van der Waals surface area contributed by atoms with Crippen LogP contribution < -0.4 is 5.32 Å². The molecule has 0 aromatic carbocycles. The molecule has 0 radical (unpaired) electrons. The van der Waals surface area contributed by atoms with Crippen molar-refractivity contribution in [2.24, 2.45) is 0 Å². The van der Waals surface area contributed by atoms with E-state index < -0.39 is 0 Å². The summed E-state index contributed by atoms with van der Waals surface area (Å²) in [4.78, 5) is 11.4. The lowest BCUT2D eigenvalue weighted by molar-refractivity contribution is 0.0227. The molecule has 0 atom stereocenters. The van der Waals surface area contributed by atoms with Crippen molar-refractivity contribution in [2.75, 3.05) is 20.8 Å². The summed E-state index contributed by atoms with van der Waals surface area (Å²) in [7, 11) is 3.03. The molecule has 1 rings (SSSR count). The highest BCUT2D eigenvalue weighted by molar-refractivity contribution is 5.90. The molecule has 1 heterocycles. The second-order valence-electron chi connectivity index (χ2n) is 4.74. The average molecular weight is 255 g/mol. The van der Waals surface area contributed by atoms with Crippen LogP contribution in [0.4, 0.5) is 0 Å². The molecular weight excluding hydrogens is 234 g/mol. The van der Waals surface area contributed by atoms with Gasteiger partial charge in [0, 0.05) is 13.7 Å². The van der Waals surface area contributed by atoms with Crippen molar-refractivity contribution in [3.63, 3.8) is 0 Å². The molecule has 5 nitrogen and oxygen atoms in total. The Labute approximate surface area is 107 Å². The van der Waals surface area contributed by atoms with Crippen molar-refractivity contribution in [2.45, 2.75) is 32.9 Å². The lowest BCUT2D eigenvalue weighted by atomic mass is 10.1. The van der Waals surface area contributed by atoms with E-state index in [0.717, 1.165) is 0 Å². The molecule has 0 fully saturated rings. The monoisotopic (exact) mass is 255 g/mol. The second kappa shape index (κ2) is 6.02. The maximum atomic E-state index is 11.4. The van der Waals surface area contributed by atoms with Gasteiger partial charge in [-0.2, -0.15) is 0 Å². The Balaban J connectivity index is 2.57. The van der Waals surface area contributed by atoms with Crippen LogP contribution in [0, 0.1) is 6.92 Å². The highest BCUT2D eigenvalue weighted by Crippen LogP contribution is 2.15. The first-order chi connectivity index (χ1) is 8.39. The van der Waals surface area contributed by atoms with Crippen LogP contribution in [-0.2, 0) is 16.0 Å². The number of nitrogens with one attached hydrogen (secondary N) is 1. The fourth-order valence-corrected chi connectivity index (χ4v) is 1.50. The van der Waals surface area contributed by atoms with Crippen LogP contribution in [0.3, 0.4) is 0 Å². The maximum Gasteiger partial charge on any atom is 0.341 e. The summed E-state index contributed by atoms with van der Waals surface area (Å²) >= 11 is 0. The number of ether oxygens (including phenoxy) is 2. The van der Waals surface area contributed by atoms with Crippen LogP contribution in [0.1, 0.15) is 35.7 Å². The normalized spacial score (nSPS) is 11.6. The van der Waals surface area contributed by atoms with Crippen LogP contribution in [0.25, 0.3) is 0 Å². The van der Waals surface area contributed by atoms with E-state index in [9.17, 15) is 4.79 Å². The molecule has 0 saturated heterocycles. The zero-order valence-electron chi connectivity index (χ0n) is 11.6. The number of furan rings is 1. The van der Waals surface area contributed by atoms with E-state index in [-0.39, 0.29) is 11.6 Å². The predicted molar refractivity (Wildman–Crippen MR) is 67.6 cm³/mol. The van der Waals surface area contributed by atoms with E-state index in [0.29, 0.717) is 30.2 Å². The summed E-state index contributed by atoms with van der Waals surface area (Å²) in [6.45, 7) is 6.97. The fraction of sp³-hybridized carbons (Fsp3) is 0.615. The van der Waals surface area contributed by atoms with Crippen molar-refractivity contribution < 1.29 is 18.7 Å². The third-order valence-corrected chi connectivity index (χ3v) is 2.78. The van der Waals surface area contributed by atoms with Gasteiger partial charge in [0.1, 0.15) is 17.1 Å². The van der Waals surface area contributed by atoms with Crippen LogP contribution in [0.5, 0.6) is 0 Å². The lowest BCUT2D eigenvalue weighted by Gasteiger charge is -2.22. The number of hydrogen-bond acceptors (Lipinski definition) is 5. The SMILES string of the molecule is COC(=O)c1cc(CNCC(C)(C)OC)oc1C. The number of methoxy groups -OCH3 is 2. The Bertz CT molecular complexity index is 409. The Hall–Kier alpha value is -1.33. The van der Waals surface area contributed by atoms with Gasteiger partial charge in [0.05, 0.1) is 19.3 Å². The first-order valence-electron chi connectivity index (χ1n) is 5.83. The van der Waals surface area contributed by atoms with Gasteiger partial charge in [0.2, 0.25) is 0 Å². The second-order valence-corrected chi connectivity index (χ2v) is 4.74. The van der Waals surface area contributed by atoms with Gasteiger partial charge in [-0.1, -0.05) is 0 Å². The fourth-order valence-electron chi connectivity index (χ4n) is 1.50. The van der Waals surface area contributed by atoms with E-state index in [1.54, 1.807) is 20.1 Å². The molecule has 0 amide bonds. The van der Waals surface area contributed by atoms with Crippen molar-refractivity contribution in [3.8, 4) is 0 Å². The summed E-state index contributed by atoms with van der Waals surface area (Å²) in [6.07, 6.45) is 0.